The van der Waals surface area contributed by atoms with E-state index in [9.17, 15) is 9.59 Å². The average molecular weight is 513 g/mol. The largest absolute Gasteiger partial charge is 0.325 e. The molecular weight excluding hydrogens is 495 g/mol. The van der Waals surface area contributed by atoms with Crippen LogP contribution in [0.1, 0.15) is 20.5 Å². The zero-order valence-corrected chi connectivity index (χ0v) is 20.3. The second-order valence-corrected chi connectivity index (χ2v) is 9.93. The lowest BCUT2D eigenvalue weighted by Crippen LogP contribution is -2.19. The van der Waals surface area contributed by atoms with Crippen LogP contribution in [-0.2, 0) is 4.79 Å². The molecule has 0 aliphatic carbocycles. The summed E-state index contributed by atoms with van der Waals surface area (Å²) in [4.78, 5) is 27.1. The number of halogens is 2. The highest BCUT2D eigenvalue weighted by atomic mass is 35.5. The molecule has 0 saturated heterocycles. The van der Waals surface area contributed by atoms with Crippen molar-refractivity contribution in [3.63, 3.8) is 0 Å². The molecule has 4 aromatic rings. The van der Waals surface area contributed by atoms with Crippen LogP contribution < -0.4 is 10.6 Å². The van der Waals surface area contributed by atoms with Gasteiger partial charge < -0.3 is 10.6 Å². The van der Waals surface area contributed by atoms with Crippen molar-refractivity contribution >= 4 is 69.5 Å². The van der Waals surface area contributed by atoms with Crippen LogP contribution in [0.2, 0.25) is 10.0 Å². The van der Waals surface area contributed by atoms with Crippen LogP contribution in [0.15, 0.2) is 95.2 Å². The Balaban J connectivity index is 1.55. The molecule has 0 aliphatic heterocycles. The summed E-state index contributed by atoms with van der Waals surface area (Å²) < 4.78 is 0. The van der Waals surface area contributed by atoms with Crippen molar-refractivity contribution in [2.24, 2.45) is 0 Å². The van der Waals surface area contributed by atoms with E-state index in [1.807, 2.05) is 66.0 Å². The van der Waals surface area contributed by atoms with Gasteiger partial charge in [0.05, 0.1) is 14.9 Å². The molecule has 4 nitrogen and oxygen atoms in total. The monoisotopic (exact) mass is 512 g/mol. The van der Waals surface area contributed by atoms with Crippen LogP contribution in [0.3, 0.4) is 0 Å². The van der Waals surface area contributed by atoms with Gasteiger partial charge in [0.2, 0.25) is 5.91 Å². The molecule has 0 fully saturated rings. The minimum Gasteiger partial charge on any atom is -0.325 e. The predicted molar refractivity (Wildman–Crippen MR) is 139 cm³/mol. The van der Waals surface area contributed by atoms with Gasteiger partial charge in [0.1, 0.15) is 5.25 Å². The van der Waals surface area contributed by atoms with Crippen molar-refractivity contribution in [1.82, 2.24) is 0 Å². The van der Waals surface area contributed by atoms with Gasteiger partial charge in [0.15, 0.2) is 0 Å². The molecule has 1 heterocycles. The summed E-state index contributed by atoms with van der Waals surface area (Å²) in [5, 5.41) is 7.96. The van der Waals surface area contributed by atoms with E-state index in [1.165, 1.54) is 23.1 Å². The first-order chi connectivity index (χ1) is 16.0. The smallest absolute Gasteiger partial charge is 0.265 e. The molecule has 166 valence electrons. The van der Waals surface area contributed by atoms with Gasteiger partial charge in [-0.05, 0) is 53.4 Å². The predicted octanol–water partition coefficient (Wildman–Crippen LogP) is 7.78. The average Bonchev–Trinajstić information content (AvgIpc) is 3.36. The van der Waals surface area contributed by atoms with Crippen LogP contribution >= 0.6 is 46.3 Å². The van der Waals surface area contributed by atoms with Crippen LogP contribution in [0, 0.1) is 0 Å². The highest BCUT2D eigenvalue weighted by Crippen LogP contribution is 2.37. The minimum atomic E-state index is -0.524. The molecule has 0 spiro atoms. The van der Waals surface area contributed by atoms with Gasteiger partial charge in [-0.2, -0.15) is 0 Å². The third kappa shape index (κ3) is 6.18. The van der Waals surface area contributed by atoms with Crippen molar-refractivity contribution < 1.29 is 9.59 Å². The van der Waals surface area contributed by atoms with Crippen molar-refractivity contribution in [2.75, 3.05) is 10.6 Å². The zero-order chi connectivity index (χ0) is 23.2. The summed E-state index contributed by atoms with van der Waals surface area (Å²) in [5.74, 6) is -0.360. The van der Waals surface area contributed by atoms with Crippen LogP contribution in [0.25, 0.3) is 0 Å². The molecule has 0 bridgehead atoms. The van der Waals surface area contributed by atoms with E-state index in [2.05, 4.69) is 10.6 Å². The molecule has 2 amide bonds. The molecule has 0 radical (unpaired) electrons. The highest BCUT2D eigenvalue weighted by molar-refractivity contribution is 8.00. The van der Waals surface area contributed by atoms with E-state index in [1.54, 1.807) is 24.3 Å². The number of carbonyl (C=O) groups is 2. The summed E-state index contributed by atoms with van der Waals surface area (Å²) in [5.41, 5.74) is 2.08. The number of thioether (sulfide) groups is 1. The second-order valence-electron chi connectivity index (χ2n) is 6.99. The van der Waals surface area contributed by atoms with Crippen molar-refractivity contribution in [3.05, 3.63) is 111 Å². The summed E-state index contributed by atoms with van der Waals surface area (Å²) >= 11 is 14.9. The van der Waals surface area contributed by atoms with Gasteiger partial charge in [-0.1, -0.05) is 65.7 Å². The van der Waals surface area contributed by atoms with E-state index >= 15 is 0 Å². The number of amides is 2. The fourth-order valence-electron chi connectivity index (χ4n) is 3.07. The first-order valence-electron chi connectivity index (χ1n) is 9.92. The van der Waals surface area contributed by atoms with Gasteiger partial charge in [0, 0.05) is 16.3 Å². The van der Waals surface area contributed by atoms with Crippen molar-refractivity contribution in [3.8, 4) is 0 Å². The zero-order valence-electron chi connectivity index (χ0n) is 17.1. The molecule has 1 aromatic heterocycles. The molecule has 8 heteroatoms. The second kappa shape index (κ2) is 10.9. The number of anilines is 2. The van der Waals surface area contributed by atoms with Gasteiger partial charge in [-0.15, -0.1) is 23.1 Å². The summed E-state index contributed by atoms with van der Waals surface area (Å²) in [6.07, 6.45) is 0. The van der Waals surface area contributed by atoms with E-state index in [-0.39, 0.29) is 11.8 Å². The number of carbonyl (C=O) groups excluding carboxylic acids is 2. The Labute approximate surface area is 209 Å². The third-order valence-corrected chi connectivity index (χ3v) is 7.47. The highest BCUT2D eigenvalue weighted by Gasteiger charge is 2.23. The molecule has 0 saturated carbocycles. The van der Waals surface area contributed by atoms with Gasteiger partial charge >= 0.3 is 0 Å². The Morgan fingerprint density at radius 2 is 1.58 bits per heavy atom. The number of rotatable bonds is 7. The maximum absolute atomic E-state index is 13.3. The first kappa shape index (κ1) is 23.4. The molecule has 2 N–H and O–H groups in total. The maximum Gasteiger partial charge on any atom is 0.265 e. The Hall–Kier alpha value is -2.77. The molecule has 3 aromatic carbocycles. The number of hydrogen-bond donors (Lipinski definition) is 2. The first-order valence-corrected chi connectivity index (χ1v) is 12.4. The fraction of sp³-hybridized carbons (Fsp3) is 0.0400. The molecule has 1 atom stereocenters. The molecule has 0 aliphatic rings. The van der Waals surface area contributed by atoms with Gasteiger partial charge in [-0.3, -0.25) is 9.59 Å². The van der Waals surface area contributed by atoms with Crippen LogP contribution in [-0.4, -0.2) is 11.8 Å². The maximum atomic E-state index is 13.3. The lowest BCUT2D eigenvalue weighted by Gasteiger charge is -2.18. The topological polar surface area (TPSA) is 58.2 Å². The van der Waals surface area contributed by atoms with E-state index < -0.39 is 5.25 Å². The third-order valence-electron chi connectivity index (χ3n) is 4.62. The fourth-order valence-corrected chi connectivity index (χ4v) is 5.07. The number of nitrogens with one attached hydrogen (secondary N) is 2. The Bertz CT molecular complexity index is 1260. The van der Waals surface area contributed by atoms with E-state index in [0.717, 1.165) is 10.5 Å². The summed E-state index contributed by atoms with van der Waals surface area (Å²) in [6, 6.07) is 25.5. The lowest BCUT2D eigenvalue weighted by atomic mass is 10.1. The molecule has 4 rings (SSSR count). The molecule has 33 heavy (non-hydrogen) atoms. The number of hydrogen-bond acceptors (Lipinski definition) is 4. The SMILES string of the molecule is O=C(Nc1cccc(SC(C(=O)Nc2ccc(Cl)c(Cl)c2)c2ccccc2)c1)c1cccs1. The molecular formula is C25H18Cl2N2O2S2. The summed E-state index contributed by atoms with van der Waals surface area (Å²) in [6.45, 7) is 0. The van der Waals surface area contributed by atoms with E-state index in [0.29, 0.717) is 26.3 Å². The van der Waals surface area contributed by atoms with Gasteiger partial charge in [-0.25, -0.2) is 0 Å². The van der Waals surface area contributed by atoms with Crippen molar-refractivity contribution in [1.29, 1.82) is 0 Å². The number of thiophene rings is 1. The quantitative estimate of drug-likeness (QED) is 0.248. The van der Waals surface area contributed by atoms with Crippen LogP contribution in [0.4, 0.5) is 11.4 Å². The normalized spacial score (nSPS) is 11.6. The number of benzene rings is 3. The minimum absolute atomic E-state index is 0.163. The lowest BCUT2D eigenvalue weighted by molar-refractivity contribution is -0.115. The Morgan fingerprint density at radius 1 is 0.788 bits per heavy atom. The van der Waals surface area contributed by atoms with Crippen LogP contribution in [0.5, 0.6) is 0 Å². The van der Waals surface area contributed by atoms with E-state index in [4.69, 9.17) is 23.2 Å². The summed E-state index contributed by atoms with van der Waals surface area (Å²) in [7, 11) is 0. The Morgan fingerprint density at radius 3 is 2.30 bits per heavy atom. The van der Waals surface area contributed by atoms with Crippen molar-refractivity contribution in [2.45, 2.75) is 10.1 Å². The Kier molecular flexibility index (Phi) is 7.73. The standard InChI is InChI=1S/C25H18Cl2N2O2S2/c26-20-12-11-18(15-21(20)27)29-25(31)23(16-6-2-1-3-7-16)33-19-9-4-8-17(14-19)28-24(30)22-10-5-13-32-22/h1-15,23H,(H,28,30)(H,29,31). The molecule has 1 unspecified atom stereocenters. The van der Waals surface area contributed by atoms with Gasteiger partial charge in [0.25, 0.3) is 5.91 Å².